The van der Waals surface area contributed by atoms with Crippen molar-refractivity contribution in [1.82, 2.24) is 0 Å². The van der Waals surface area contributed by atoms with E-state index < -0.39 is 9.84 Å². The molecule has 0 saturated heterocycles. The van der Waals surface area contributed by atoms with Gasteiger partial charge in [0.1, 0.15) is 0 Å². The first kappa shape index (κ1) is 10.7. The lowest BCUT2D eigenvalue weighted by Crippen LogP contribution is -2.01. The molecule has 1 aromatic rings. The summed E-state index contributed by atoms with van der Waals surface area (Å²) in [5.74, 6) is 0. The Balaban J connectivity index is 3.29. The van der Waals surface area contributed by atoms with Gasteiger partial charge >= 0.3 is 0 Å². The van der Waals surface area contributed by atoms with Gasteiger partial charge in [0, 0.05) is 17.3 Å². The van der Waals surface area contributed by atoms with Crippen LogP contribution in [-0.2, 0) is 16.4 Å². The van der Waals surface area contributed by atoms with Gasteiger partial charge in [-0.1, -0.05) is 6.07 Å². The first-order valence-electron chi connectivity index (χ1n) is 3.63. The van der Waals surface area contributed by atoms with Crippen LogP contribution in [0.2, 0.25) is 0 Å². The van der Waals surface area contributed by atoms with Crippen LogP contribution in [0.5, 0.6) is 0 Å². The Morgan fingerprint density at radius 1 is 1.46 bits per heavy atom. The van der Waals surface area contributed by atoms with Crippen LogP contribution in [0.25, 0.3) is 0 Å². The lowest BCUT2D eigenvalue weighted by molar-refractivity contribution is 0.601. The van der Waals surface area contributed by atoms with E-state index in [1.165, 1.54) is 6.26 Å². The second-order valence-electron chi connectivity index (χ2n) is 2.74. The van der Waals surface area contributed by atoms with Gasteiger partial charge in [0.15, 0.2) is 9.84 Å². The maximum Gasteiger partial charge on any atom is 0.176 e. The maximum atomic E-state index is 11.2. The van der Waals surface area contributed by atoms with Crippen LogP contribution in [0.15, 0.2) is 27.6 Å². The molecule has 0 saturated carbocycles. The number of halogens is 1. The summed E-state index contributed by atoms with van der Waals surface area (Å²) in [5, 5.41) is 0. The quantitative estimate of drug-likeness (QED) is 0.876. The molecule has 13 heavy (non-hydrogen) atoms. The first-order chi connectivity index (χ1) is 5.95. The Hall–Kier alpha value is -0.390. The van der Waals surface area contributed by atoms with E-state index in [4.69, 9.17) is 5.73 Å². The fraction of sp³-hybridized carbons (Fsp3) is 0.250. The second-order valence-corrected chi connectivity index (χ2v) is 5.58. The van der Waals surface area contributed by atoms with E-state index in [2.05, 4.69) is 15.9 Å². The van der Waals surface area contributed by atoms with Crippen molar-refractivity contribution in [1.29, 1.82) is 0 Å². The van der Waals surface area contributed by atoms with Crippen LogP contribution in [0.3, 0.4) is 0 Å². The van der Waals surface area contributed by atoms with Crippen LogP contribution >= 0.6 is 15.9 Å². The highest BCUT2D eigenvalue weighted by atomic mass is 79.9. The van der Waals surface area contributed by atoms with Crippen molar-refractivity contribution in [3.8, 4) is 0 Å². The third kappa shape index (κ3) is 2.52. The molecule has 0 bridgehead atoms. The first-order valence-corrected chi connectivity index (χ1v) is 6.32. The van der Waals surface area contributed by atoms with Crippen LogP contribution in [0.4, 0.5) is 0 Å². The molecule has 0 spiro atoms. The molecular formula is C8H10BrNO2S. The van der Waals surface area contributed by atoms with Crippen LogP contribution in [0, 0.1) is 0 Å². The van der Waals surface area contributed by atoms with Crippen LogP contribution in [-0.4, -0.2) is 14.7 Å². The highest BCUT2D eigenvalue weighted by Gasteiger charge is 2.11. The Morgan fingerprint density at radius 2 is 2.08 bits per heavy atom. The van der Waals surface area contributed by atoms with Gasteiger partial charge in [-0.05, 0) is 33.6 Å². The van der Waals surface area contributed by atoms with Gasteiger partial charge in [-0.25, -0.2) is 8.42 Å². The minimum Gasteiger partial charge on any atom is -0.326 e. The largest absolute Gasteiger partial charge is 0.326 e. The highest BCUT2D eigenvalue weighted by molar-refractivity contribution is 9.10. The van der Waals surface area contributed by atoms with Gasteiger partial charge in [0.05, 0.1) is 4.90 Å². The molecule has 0 amide bonds. The number of hydrogen-bond acceptors (Lipinski definition) is 3. The van der Waals surface area contributed by atoms with Crippen LogP contribution < -0.4 is 5.73 Å². The third-order valence-corrected chi connectivity index (χ3v) is 3.70. The summed E-state index contributed by atoms with van der Waals surface area (Å²) in [7, 11) is -3.15. The van der Waals surface area contributed by atoms with Crippen molar-refractivity contribution >= 4 is 25.8 Å². The Bertz CT molecular complexity index is 414. The molecule has 0 aliphatic carbocycles. The molecule has 0 heterocycles. The molecule has 0 aliphatic rings. The predicted octanol–water partition coefficient (Wildman–Crippen LogP) is 1.31. The van der Waals surface area contributed by atoms with Crippen molar-refractivity contribution in [2.75, 3.05) is 6.26 Å². The monoisotopic (exact) mass is 263 g/mol. The molecule has 1 aromatic carbocycles. The molecule has 5 heteroatoms. The lowest BCUT2D eigenvalue weighted by Gasteiger charge is -2.03. The topological polar surface area (TPSA) is 60.2 Å². The van der Waals surface area contributed by atoms with E-state index >= 15 is 0 Å². The average Bonchev–Trinajstić information content (AvgIpc) is 2.01. The number of hydrogen-bond donors (Lipinski definition) is 1. The van der Waals surface area contributed by atoms with E-state index in [1.807, 2.05) is 0 Å². The smallest absolute Gasteiger partial charge is 0.176 e. The Kier molecular flexibility index (Phi) is 3.10. The molecule has 0 radical (unpaired) electrons. The molecule has 72 valence electrons. The lowest BCUT2D eigenvalue weighted by atomic mass is 10.2. The molecule has 0 aromatic heterocycles. The second kappa shape index (κ2) is 3.77. The molecular weight excluding hydrogens is 254 g/mol. The highest BCUT2D eigenvalue weighted by Crippen LogP contribution is 2.22. The summed E-state index contributed by atoms with van der Waals surface area (Å²) in [6.45, 7) is 0.405. The van der Waals surface area contributed by atoms with Crippen LogP contribution in [0.1, 0.15) is 5.56 Å². The summed E-state index contributed by atoms with van der Waals surface area (Å²) in [4.78, 5) is 0.296. The van der Waals surface area contributed by atoms with E-state index in [0.717, 1.165) is 5.56 Å². The van der Waals surface area contributed by atoms with Gasteiger partial charge in [0.25, 0.3) is 0 Å². The number of benzene rings is 1. The Labute approximate surface area is 86.0 Å². The zero-order valence-electron chi connectivity index (χ0n) is 7.12. The van der Waals surface area contributed by atoms with Gasteiger partial charge in [-0.15, -0.1) is 0 Å². The molecule has 0 aliphatic heterocycles. The zero-order chi connectivity index (χ0) is 10.1. The van der Waals surface area contributed by atoms with E-state index in [9.17, 15) is 8.42 Å². The number of rotatable bonds is 2. The molecule has 2 N–H and O–H groups in total. The van der Waals surface area contributed by atoms with Crippen molar-refractivity contribution in [3.63, 3.8) is 0 Å². The van der Waals surface area contributed by atoms with Gasteiger partial charge in [-0.2, -0.15) is 0 Å². The molecule has 1 rings (SSSR count). The minimum absolute atomic E-state index is 0.296. The molecule has 0 atom stereocenters. The van der Waals surface area contributed by atoms with Gasteiger partial charge < -0.3 is 5.73 Å². The van der Waals surface area contributed by atoms with E-state index in [-0.39, 0.29) is 0 Å². The van der Waals surface area contributed by atoms with Gasteiger partial charge in [-0.3, -0.25) is 0 Å². The van der Waals surface area contributed by atoms with Crippen molar-refractivity contribution < 1.29 is 8.42 Å². The zero-order valence-corrected chi connectivity index (χ0v) is 9.52. The number of sulfone groups is 1. The van der Waals surface area contributed by atoms with Crippen molar-refractivity contribution in [2.45, 2.75) is 11.4 Å². The molecule has 0 fully saturated rings. The normalized spacial score (nSPS) is 11.6. The summed E-state index contributed by atoms with van der Waals surface area (Å²) in [5.41, 5.74) is 6.31. The minimum atomic E-state index is -3.15. The number of nitrogens with two attached hydrogens (primary N) is 1. The fourth-order valence-corrected chi connectivity index (χ4v) is 3.01. The molecule has 3 nitrogen and oxygen atoms in total. The molecule has 0 unspecified atom stereocenters. The van der Waals surface area contributed by atoms with Crippen molar-refractivity contribution in [3.05, 3.63) is 28.2 Å². The third-order valence-electron chi connectivity index (χ3n) is 1.63. The predicted molar refractivity (Wildman–Crippen MR) is 55.1 cm³/mol. The van der Waals surface area contributed by atoms with Gasteiger partial charge in [0.2, 0.25) is 0 Å². The van der Waals surface area contributed by atoms with E-state index in [0.29, 0.717) is 15.9 Å². The summed E-state index contributed by atoms with van der Waals surface area (Å²) in [6, 6.07) is 4.99. The fourth-order valence-electron chi connectivity index (χ4n) is 0.972. The SMILES string of the molecule is CS(=O)(=O)c1ccc(CN)cc1Br. The summed E-state index contributed by atoms with van der Waals surface area (Å²) >= 11 is 3.19. The Morgan fingerprint density at radius 3 is 2.46 bits per heavy atom. The average molecular weight is 264 g/mol. The summed E-state index contributed by atoms with van der Waals surface area (Å²) < 4.78 is 23.0. The van der Waals surface area contributed by atoms with E-state index in [1.54, 1.807) is 18.2 Å². The summed E-state index contributed by atoms with van der Waals surface area (Å²) in [6.07, 6.45) is 1.18. The standard InChI is InChI=1S/C8H10BrNO2S/c1-13(11,12)8-3-2-6(5-10)4-7(8)9/h2-4H,5,10H2,1H3. The van der Waals surface area contributed by atoms with Crippen molar-refractivity contribution in [2.24, 2.45) is 5.73 Å². The maximum absolute atomic E-state index is 11.2.